The molecule has 1 saturated heterocycles. The topological polar surface area (TPSA) is 55.8 Å². The van der Waals surface area contributed by atoms with Gasteiger partial charge in [0.15, 0.2) is 6.10 Å². The summed E-state index contributed by atoms with van der Waals surface area (Å²) in [5.74, 6) is -0.508. The maximum Gasteiger partial charge on any atom is 0.410 e. The Morgan fingerprint density at radius 3 is 2.15 bits per heavy atom. The second-order valence-corrected chi connectivity index (χ2v) is 8.22. The standard InChI is InChI=1S/C21H31NO4/c1-15(2)19(23)25-14-18(26-20(24)22-12-6-7-13-22)16-8-10-17(11-9-16)21(3,4)5/h8-11,15,18H,6-7,12-14H2,1-5H3/t18-/m0/s1. The van der Waals surface area contributed by atoms with Crippen LogP contribution in [0.3, 0.4) is 0 Å². The number of ether oxygens (including phenoxy) is 2. The number of esters is 1. The van der Waals surface area contributed by atoms with Crippen LogP contribution in [0.15, 0.2) is 24.3 Å². The van der Waals surface area contributed by atoms with Crippen molar-refractivity contribution in [3.63, 3.8) is 0 Å². The highest BCUT2D eigenvalue weighted by molar-refractivity contribution is 5.71. The second kappa shape index (κ2) is 8.56. The molecule has 1 amide bonds. The molecule has 0 aromatic heterocycles. The number of nitrogens with zero attached hydrogens (tertiary/aromatic N) is 1. The van der Waals surface area contributed by atoms with E-state index in [0.29, 0.717) is 0 Å². The van der Waals surface area contributed by atoms with Gasteiger partial charge in [0.25, 0.3) is 0 Å². The van der Waals surface area contributed by atoms with Crippen molar-refractivity contribution in [2.75, 3.05) is 19.7 Å². The summed E-state index contributed by atoms with van der Waals surface area (Å²) in [5.41, 5.74) is 2.08. The number of benzene rings is 1. The fraction of sp³-hybridized carbons (Fsp3) is 0.619. The van der Waals surface area contributed by atoms with Crippen LogP contribution in [-0.2, 0) is 19.7 Å². The van der Waals surface area contributed by atoms with Crippen LogP contribution in [0.4, 0.5) is 4.79 Å². The van der Waals surface area contributed by atoms with Gasteiger partial charge in [-0.25, -0.2) is 4.79 Å². The first-order chi connectivity index (χ1) is 12.2. The lowest BCUT2D eigenvalue weighted by Crippen LogP contribution is -2.31. The Bertz CT molecular complexity index is 610. The van der Waals surface area contributed by atoms with Gasteiger partial charge in [0.1, 0.15) is 6.61 Å². The highest BCUT2D eigenvalue weighted by Crippen LogP contribution is 2.26. The van der Waals surface area contributed by atoms with Crippen LogP contribution in [0, 0.1) is 5.92 Å². The van der Waals surface area contributed by atoms with E-state index in [1.807, 2.05) is 24.3 Å². The van der Waals surface area contributed by atoms with Gasteiger partial charge in [-0.05, 0) is 29.4 Å². The summed E-state index contributed by atoms with van der Waals surface area (Å²) in [6, 6.07) is 7.98. The SMILES string of the molecule is CC(C)C(=O)OC[C@H](OC(=O)N1CCCC1)c1ccc(C(C)(C)C)cc1. The van der Waals surface area contributed by atoms with Gasteiger partial charge in [0, 0.05) is 13.1 Å². The third kappa shape index (κ3) is 5.48. The van der Waals surface area contributed by atoms with Crippen molar-refractivity contribution in [2.45, 2.75) is 59.0 Å². The van der Waals surface area contributed by atoms with Gasteiger partial charge < -0.3 is 14.4 Å². The molecular formula is C21H31NO4. The van der Waals surface area contributed by atoms with E-state index >= 15 is 0 Å². The van der Waals surface area contributed by atoms with Gasteiger partial charge in [0.05, 0.1) is 5.92 Å². The van der Waals surface area contributed by atoms with E-state index in [-0.39, 0.29) is 30.0 Å². The molecule has 1 aliphatic rings. The van der Waals surface area contributed by atoms with E-state index in [0.717, 1.165) is 31.5 Å². The predicted molar refractivity (Wildman–Crippen MR) is 101 cm³/mol. The number of rotatable bonds is 5. The molecule has 1 aromatic carbocycles. The summed E-state index contributed by atoms with van der Waals surface area (Å²) in [5, 5.41) is 0. The van der Waals surface area contributed by atoms with Gasteiger partial charge in [-0.1, -0.05) is 58.9 Å². The molecule has 1 aromatic rings. The molecule has 26 heavy (non-hydrogen) atoms. The van der Waals surface area contributed by atoms with Crippen LogP contribution in [-0.4, -0.2) is 36.7 Å². The smallest absolute Gasteiger partial charge is 0.410 e. The van der Waals surface area contributed by atoms with Crippen LogP contribution in [0.25, 0.3) is 0 Å². The van der Waals surface area contributed by atoms with Crippen molar-refractivity contribution < 1.29 is 19.1 Å². The molecule has 5 heteroatoms. The van der Waals surface area contributed by atoms with Crippen molar-refractivity contribution >= 4 is 12.1 Å². The quantitative estimate of drug-likeness (QED) is 0.727. The minimum atomic E-state index is -0.597. The molecule has 0 bridgehead atoms. The van der Waals surface area contributed by atoms with E-state index in [1.165, 1.54) is 5.56 Å². The number of hydrogen-bond acceptors (Lipinski definition) is 4. The predicted octanol–water partition coefficient (Wildman–Crippen LogP) is 4.46. The Morgan fingerprint density at radius 1 is 1.08 bits per heavy atom. The average molecular weight is 361 g/mol. The monoisotopic (exact) mass is 361 g/mol. The highest BCUT2D eigenvalue weighted by Gasteiger charge is 2.26. The van der Waals surface area contributed by atoms with Crippen molar-refractivity contribution in [3.05, 3.63) is 35.4 Å². The zero-order valence-corrected chi connectivity index (χ0v) is 16.6. The second-order valence-electron chi connectivity index (χ2n) is 8.22. The summed E-state index contributed by atoms with van der Waals surface area (Å²) in [4.78, 5) is 25.9. The molecule has 1 aliphatic heterocycles. The van der Waals surface area contributed by atoms with Crippen molar-refractivity contribution in [2.24, 2.45) is 5.92 Å². The lowest BCUT2D eigenvalue weighted by molar-refractivity contribution is -0.150. The van der Waals surface area contributed by atoms with Crippen molar-refractivity contribution in [3.8, 4) is 0 Å². The average Bonchev–Trinajstić information content (AvgIpc) is 3.12. The first-order valence-electron chi connectivity index (χ1n) is 9.41. The normalized spacial score (nSPS) is 15.8. The van der Waals surface area contributed by atoms with Crippen LogP contribution >= 0.6 is 0 Å². The largest absolute Gasteiger partial charge is 0.461 e. The summed E-state index contributed by atoms with van der Waals surface area (Å²) >= 11 is 0. The van der Waals surface area contributed by atoms with Crippen molar-refractivity contribution in [1.82, 2.24) is 4.90 Å². The van der Waals surface area contributed by atoms with Crippen molar-refractivity contribution in [1.29, 1.82) is 0 Å². The Kier molecular flexibility index (Phi) is 6.68. The Balaban J connectivity index is 2.13. The fourth-order valence-electron chi connectivity index (χ4n) is 2.82. The first-order valence-corrected chi connectivity index (χ1v) is 9.41. The number of carbonyl (C=O) groups excluding carboxylic acids is 2. The third-order valence-corrected chi connectivity index (χ3v) is 4.60. The molecule has 0 saturated carbocycles. The molecule has 0 spiro atoms. The molecule has 1 heterocycles. The molecule has 2 rings (SSSR count). The third-order valence-electron chi connectivity index (χ3n) is 4.60. The lowest BCUT2D eigenvalue weighted by atomic mass is 9.86. The minimum Gasteiger partial charge on any atom is -0.461 e. The number of carbonyl (C=O) groups is 2. The van der Waals surface area contributed by atoms with Crippen LogP contribution in [0.5, 0.6) is 0 Å². The first kappa shape index (κ1) is 20.3. The van der Waals surface area contributed by atoms with Gasteiger partial charge in [-0.3, -0.25) is 4.79 Å². The van der Waals surface area contributed by atoms with Gasteiger partial charge in [-0.15, -0.1) is 0 Å². The van der Waals surface area contributed by atoms with Crippen LogP contribution < -0.4 is 0 Å². The van der Waals surface area contributed by atoms with Crippen LogP contribution in [0.1, 0.15) is 64.7 Å². The summed E-state index contributed by atoms with van der Waals surface area (Å²) in [6.07, 6.45) is 1.07. The lowest BCUT2D eigenvalue weighted by Gasteiger charge is -2.24. The molecule has 5 nitrogen and oxygen atoms in total. The zero-order chi connectivity index (χ0) is 19.3. The Labute approximate surface area is 156 Å². The molecule has 1 fully saturated rings. The van der Waals surface area contributed by atoms with E-state index in [4.69, 9.17) is 9.47 Å². The van der Waals surface area contributed by atoms with Crippen LogP contribution in [0.2, 0.25) is 0 Å². The highest BCUT2D eigenvalue weighted by atomic mass is 16.6. The maximum atomic E-state index is 12.4. The number of hydrogen-bond donors (Lipinski definition) is 0. The molecule has 0 unspecified atom stereocenters. The zero-order valence-electron chi connectivity index (χ0n) is 16.6. The van der Waals surface area contributed by atoms with E-state index < -0.39 is 6.10 Å². The fourth-order valence-corrected chi connectivity index (χ4v) is 2.82. The van der Waals surface area contributed by atoms with Gasteiger partial charge in [0.2, 0.25) is 0 Å². The molecule has 1 atom stereocenters. The Morgan fingerprint density at radius 2 is 1.65 bits per heavy atom. The van der Waals surface area contributed by atoms with E-state index in [1.54, 1.807) is 18.7 Å². The molecular weight excluding hydrogens is 330 g/mol. The molecule has 0 radical (unpaired) electrons. The van der Waals surface area contributed by atoms with Gasteiger partial charge >= 0.3 is 12.1 Å². The summed E-state index contributed by atoms with van der Waals surface area (Å²) in [6.45, 7) is 11.5. The molecule has 144 valence electrons. The number of likely N-dealkylation sites (tertiary alicyclic amines) is 1. The minimum absolute atomic E-state index is 0.0332. The number of amides is 1. The molecule has 0 N–H and O–H groups in total. The molecule has 0 aliphatic carbocycles. The Hall–Kier alpha value is -2.04. The van der Waals surface area contributed by atoms with E-state index in [9.17, 15) is 9.59 Å². The van der Waals surface area contributed by atoms with Gasteiger partial charge in [-0.2, -0.15) is 0 Å². The van der Waals surface area contributed by atoms with E-state index in [2.05, 4.69) is 20.8 Å². The summed E-state index contributed by atoms with van der Waals surface area (Å²) < 4.78 is 11.0. The summed E-state index contributed by atoms with van der Waals surface area (Å²) in [7, 11) is 0. The maximum absolute atomic E-state index is 12.4.